The Morgan fingerprint density at radius 1 is 1.33 bits per heavy atom. The first-order valence-electron chi connectivity index (χ1n) is 7.86. The van der Waals surface area contributed by atoms with Gasteiger partial charge < -0.3 is 10.1 Å². The van der Waals surface area contributed by atoms with Crippen LogP contribution in [0.25, 0.3) is 6.08 Å². The van der Waals surface area contributed by atoms with E-state index in [1.807, 2.05) is 0 Å². The van der Waals surface area contributed by atoms with Crippen LogP contribution in [0.4, 0.5) is 4.39 Å². The monoisotopic (exact) mass is 330 g/mol. The first-order valence-corrected chi connectivity index (χ1v) is 7.86. The minimum Gasteiger partial charge on any atom is -0.452 e. The number of halogens is 1. The van der Waals surface area contributed by atoms with Crippen molar-refractivity contribution in [2.75, 3.05) is 6.61 Å². The van der Waals surface area contributed by atoms with Gasteiger partial charge in [-0.2, -0.15) is 5.26 Å². The predicted molar refractivity (Wildman–Crippen MR) is 86.0 cm³/mol. The smallest absolute Gasteiger partial charge is 0.331 e. The first-order chi connectivity index (χ1) is 11.5. The Kier molecular flexibility index (Phi) is 6.07. The molecule has 0 unspecified atom stereocenters. The van der Waals surface area contributed by atoms with Crippen molar-refractivity contribution in [2.24, 2.45) is 0 Å². The van der Waals surface area contributed by atoms with E-state index >= 15 is 0 Å². The summed E-state index contributed by atoms with van der Waals surface area (Å²) in [7, 11) is 0. The third kappa shape index (κ3) is 5.20. The summed E-state index contributed by atoms with van der Waals surface area (Å²) in [6.07, 6.45) is 6.60. The molecule has 0 aliphatic heterocycles. The van der Waals surface area contributed by atoms with Crippen molar-refractivity contribution in [1.29, 1.82) is 5.26 Å². The van der Waals surface area contributed by atoms with Gasteiger partial charge in [-0.05, 0) is 36.6 Å². The summed E-state index contributed by atoms with van der Waals surface area (Å²) in [5.74, 6) is -1.60. The van der Waals surface area contributed by atoms with Crippen molar-refractivity contribution in [2.45, 2.75) is 37.6 Å². The van der Waals surface area contributed by atoms with Gasteiger partial charge in [-0.25, -0.2) is 9.18 Å². The lowest BCUT2D eigenvalue weighted by Gasteiger charge is -2.31. The molecule has 24 heavy (non-hydrogen) atoms. The highest BCUT2D eigenvalue weighted by Crippen LogP contribution is 2.27. The number of rotatable bonds is 5. The highest BCUT2D eigenvalue weighted by molar-refractivity contribution is 5.89. The summed E-state index contributed by atoms with van der Waals surface area (Å²) in [6, 6.07) is 7.91. The first kappa shape index (κ1) is 17.7. The standard InChI is InChI=1S/C18H19FN2O3/c19-15-6-4-5-14(11-15)7-8-17(23)24-12-16(22)21-18(13-20)9-2-1-3-10-18/h4-8,11H,1-3,9-10,12H2,(H,21,22)/b8-7+. The summed E-state index contributed by atoms with van der Waals surface area (Å²) in [5.41, 5.74) is -0.332. The quantitative estimate of drug-likeness (QED) is 0.665. The fourth-order valence-corrected chi connectivity index (χ4v) is 2.68. The molecule has 0 radical (unpaired) electrons. The minimum absolute atomic E-state index is 0.404. The molecule has 126 valence electrons. The van der Waals surface area contributed by atoms with Crippen LogP contribution in [-0.4, -0.2) is 24.0 Å². The van der Waals surface area contributed by atoms with Crippen LogP contribution in [0, 0.1) is 17.1 Å². The maximum absolute atomic E-state index is 13.0. The van der Waals surface area contributed by atoms with Crippen LogP contribution >= 0.6 is 0 Å². The molecule has 0 atom stereocenters. The maximum atomic E-state index is 13.0. The van der Waals surface area contributed by atoms with Crippen LogP contribution in [0.5, 0.6) is 0 Å². The highest BCUT2D eigenvalue weighted by Gasteiger charge is 2.33. The van der Waals surface area contributed by atoms with Crippen LogP contribution in [0.3, 0.4) is 0 Å². The number of benzene rings is 1. The van der Waals surface area contributed by atoms with Gasteiger partial charge >= 0.3 is 5.97 Å². The van der Waals surface area contributed by atoms with E-state index in [4.69, 9.17) is 4.74 Å². The molecule has 1 fully saturated rings. The summed E-state index contributed by atoms with van der Waals surface area (Å²) >= 11 is 0. The molecular weight excluding hydrogens is 311 g/mol. The van der Waals surface area contributed by atoms with E-state index in [9.17, 15) is 19.2 Å². The molecule has 1 amide bonds. The summed E-state index contributed by atoms with van der Waals surface area (Å²) in [6.45, 7) is -0.449. The van der Waals surface area contributed by atoms with E-state index in [-0.39, 0.29) is 0 Å². The number of nitrogens with one attached hydrogen (secondary N) is 1. The molecule has 1 aliphatic carbocycles. The van der Waals surface area contributed by atoms with Gasteiger partial charge in [-0.3, -0.25) is 4.79 Å². The zero-order chi connectivity index (χ0) is 17.4. The second-order valence-electron chi connectivity index (χ2n) is 5.80. The minimum atomic E-state index is -0.848. The third-order valence-electron chi connectivity index (χ3n) is 3.91. The SMILES string of the molecule is N#CC1(NC(=O)COC(=O)/C=C/c2cccc(F)c2)CCCCC1. The van der Waals surface area contributed by atoms with Gasteiger partial charge in [0.05, 0.1) is 6.07 Å². The largest absolute Gasteiger partial charge is 0.452 e. The van der Waals surface area contributed by atoms with Gasteiger partial charge in [0.2, 0.25) is 0 Å². The summed E-state index contributed by atoms with van der Waals surface area (Å²) in [5, 5.41) is 12.0. The number of amides is 1. The molecule has 5 nitrogen and oxygen atoms in total. The number of hydrogen-bond donors (Lipinski definition) is 1. The van der Waals surface area contributed by atoms with Gasteiger partial charge in [-0.1, -0.05) is 31.4 Å². The Hall–Kier alpha value is -2.68. The number of nitrogens with zero attached hydrogens (tertiary/aromatic N) is 1. The Balaban J connectivity index is 1.81. The lowest BCUT2D eigenvalue weighted by molar-refractivity contribution is -0.144. The van der Waals surface area contributed by atoms with Crippen molar-refractivity contribution in [1.82, 2.24) is 5.32 Å². The fraction of sp³-hybridized carbons (Fsp3) is 0.389. The van der Waals surface area contributed by atoms with Gasteiger partial charge in [0.15, 0.2) is 6.61 Å². The van der Waals surface area contributed by atoms with Crippen molar-refractivity contribution < 1.29 is 18.7 Å². The average molecular weight is 330 g/mol. The number of carbonyl (C=O) groups is 2. The van der Waals surface area contributed by atoms with E-state index in [0.29, 0.717) is 18.4 Å². The molecule has 1 aromatic carbocycles. The third-order valence-corrected chi connectivity index (χ3v) is 3.91. The highest BCUT2D eigenvalue weighted by atomic mass is 19.1. The van der Waals surface area contributed by atoms with Crippen LogP contribution < -0.4 is 5.32 Å². The Morgan fingerprint density at radius 2 is 2.08 bits per heavy atom. The van der Waals surface area contributed by atoms with E-state index in [1.165, 1.54) is 24.3 Å². The number of ether oxygens (including phenoxy) is 1. The van der Waals surface area contributed by atoms with Crippen LogP contribution in [0.15, 0.2) is 30.3 Å². The summed E-state index contributed by atoms with van der Waals surface area (Å²) in [4.78, 5) is 23.5. The molecule has 1 N–H and O–H groups in total. The second kappa shape index (κ2) is 8.25. The lowest BCUT2D eigenvalue weighted by Crippen LogP contribution is -2.49. The number of esters is 1. The zero-order valence-electron chi connectivity index (χ0n) is 13.3. The molecule has 0 heterocycles. The number of nitriles is 1. The molecule has 1 aliphatic rings. The van der Waals surface area contributed by atoms with E-state index in [0.717, 1.165) is 25.3 Å². The second-order valence-corrected chi connectivity index (χ2v) is 5.80. The molecule has 6 heteroatoms. The molecule has 1 aromatic rings. The van der Waals surface area contributed by atoms with Crippen LogP contribution in [0.2, 0.25) is 0 Å². The molecule has 0 aromatic heterocycles. The zero-order valence-corrected chi connectivity index (χ0v) is 13.3. The molecular formula is C18H19FN2O3. The van der Waals surface area contributed by atoms with Gasteiger partial charge in [-0.15, -0.1) is 0 Å². The Morgan fingerprint density at radius 3 is 2.75 bits per heavy atom. The molecule has 1 saturated carbocycles. The maximum Gasteiger partial charge on any atom is 0.331 e. The van der Waals surface area contributed by atoms with E-state index < -0.39 is 29.8 Å². The lowest BCUT2D eigenvalue weighted by atomic mass is 9.83. The fourth-order valence-electron chi connectivity index (χ4n) is 2.68. The Labute approximate surface area is 140 Å². The van der Waals surface area contributed by atoms with E-state index in [2.05, 4.69) is 11.4 Å². The van der Waals surface area contributed by atoms with E-state index in [1.54, 1.807) is 6.07 Å². The van der Waals surface area contributed by atoms with Crippen LogP contribution in [0.1, 0.15) is 37.7 Å². The normalized spacial score (nSPS) is 16.3. The van der Waals surface area contributed by atoms with Crippen LogP contribution in [-0.2, 0) is 14.3 Å². The molecule has 0 saturated heterocycles. The van der Waals surface area contributed by atoms with Gasteiger partial charge in [0.1, 0.15) is 11.4 Å². The molecule has 0 spiro atoms. The molecule has 0 bridgehead atoms. The van der Waals surface area contributed by atoms with Gasteiger partial charge in [0, 0.05) is 6.08 Å². The van der Waals surface area contributed by atoms with Crippen molar-refractivity contribution in [3.8, 4) is 6.07 Å². The topological polar surface area (TPSA) is 79.2 Å². The van der Waals surface area contributed by atoms with Gasteiger partial charge in [0.25, 0.3) is 5.91 Å². The average Bonchev–Trinajstić information content (AvgIpc) is 2.59. The summed E-state index contributed by atoms with van der Waals surface area (Å²) < 4.78 is 17.9. The van der Waals surface area contributed by atoms with Crippen molar-refractivity contribution >= 4 is 18.0 Å². The Bertz CT molecular complexity index is 673. The van der Waals surface area contributed by atoms with Crippen molar-refractivity contribution in [3.05, 3.63) is 41.7 Å². The number of carbonyl (C=O) groups excluding carboxylic acids is 2. The van der Waals surface area contributed by atoms with Crippen molar-refractivity contribution in [3.63, 3.8) is 0 Å². The predicted octanol–water partition coefficient (Wildman–Crippen LogP) is 2.72. The number of hydrogen-bond acceptors (Lipinski definition) is 4. The molecule has 2 rings (SSSR count).